The number of benzene rings is 1. The molecule has 2 atom stereocenters. The fourth-order valence-electron chi connectivity index (χ4n) is 2.41. The van der Waals surface area contributed by atoms with Gasteiger partial charge in [-0.05, 0) is 31.5 Å². The largest absolute Gasteiger partial charge is 0.372 e. The average molecular weight is 265 g/mol. The summed E-state index contributed by atoms with van der Waals surface area (Å²) >= 11 is 5.80. The normalized spacial score (nSPS) is 23.8. The fraction of sp³-hybridized carbons (Fsp3) is 0.500. The Balaban J connectivity index is 2.30. The van der Waals surface area contributed by atoms with Gasteiger partial charge in [0.15, 0.2) is 0 Å². The van der Waals surface area contributed by atoms with E-state index in [4.69, 9.17) is 16.3 Å². The molecule has 0 unspecified atom stereocenters. The van der Waals surface area contributed by atoms with Crippen LogP contribution in [0.15, 0.2) is 18.2 Å². The van der Waals surface area contributed by atoms with Crippen LogP contribution in [0, 0.1) is 11.3 Å². The first-order valence-corrected chi connectivity index (χ1v) is 6.67. The van der Waals surface area contributed by atoms with E-state index in [-0.39, 0.29) is 12.2 Å². The molecule has 0 N–H and O–H groups in total. The van der Waals surface area contributed by atoms with Gasteiger partial charge in [0.05, 0.1) is 23.5 Å². The molecule has 1 heterocycles. The number of morpholine rings is 1. The van der Waals surface area contributed by atoms with Crippen LogP contribution in [0.5, 0.6) is 0 Å². The number of ether oxygens (including phenoxy) is 1. The molecule has 1 aromatic rings. The van der Waals surface area contributed by atoms with Crippen LogP contribution in [0.4, 0.5) is 5.69 Å². The maximum absolute atomic E-state index is 9.25. The monoisotopic (exact) mass is 264 g/mol. The molecule has 1 aliphatic heterocycles. The van der Waals surface area contributed by atoms with Crippen molar-refractivity contribution in [1.29, 1.82) is 5.26 Å². The van der Waals surface area contributed by atoms with Gasteiger partial charge in [0.1, 0.15) is 6.07 Å². The number of alkyl halides is 1. The Kier molecular flexibility index (Phi) is 4.11. The van der Waals surface area contributed by atoms with E-state index in [2.05, 4.69) is 24.8 Å². The topological polar surface area (TPSA) is 36.3 Å². The highest BCUT2D eigenvalue weighted by molar-refractivity contribution is 6.17. The van der Waals surface area contributed by atoms with E-state index in [0.29, 0.717) is 11.4 Å². The van der Waals surface area contributed by atoms with E-state index in [1.165, 1.54) is 0 Å². The Morgan fingerprint density at radius 1 is 1.39 bits per heavy atom. The molecule has 3 nitrogen and oxygen atoms in total. The third-order valence-electron chi connectivity index (χ3n) is 3.10. The third kappa shape index (κ3) is 2.77. The van der Waals surface area contributed by atoms with E-state index in [9.17, 15) is 5.26 Å². The molecule has 1 fully saturated rings. The second-order valence-corrected chi connectivity index (χ2v) is 5.03. The summed E-state index contributed by atoms with van der Waals surface area (Å²) in [6, 6.07) is 8.09. The summed E-state index contributed by atoms with van der Waals surface area (Å²) in [6.45, 7) is 5.75. The second-order valence-electron chi connectivity index (χ2n) is 4.76. The average Bonchev–Trinajstić information content (AvgIpc) is 2.36. The van der Waals surface area contributed by atoms with E-state index in [1.807, 2.05) is 18.2 Å². The number of nitriles is 1. The Labute approximate surface area is 113 Å². The summed E-state index contributed by atoms with van der Waals surface area (Å²) in [5.74, 6) is 0.435. The minimum Gasteiger partial charge on any atom is -0.372 e. The van der Waals surface area contributed by atoms with Crippen LogP contribution in [0.25, 0.3) is 0 Å². The molecule has 0 spiro atoms. The Hall–Kier alpha value is -1.24. The smallest absolute Gasteiger partial charge is 0.101 e. The summed E-state index contributed by atoms with van der Waals surface area (Å²) < 4.78 is 5.71. The summed E-state index contributed by atoms with van der Waals surface area (Å²) in [6.07, 6.45) is 0.376. The Morgan fingerprint density at radius 2 is 2.06 bits per heavy atom. The van der Waals surface area contributed by atoms with Crippen molar-refractivity contribution in [3.63, 3.8) is 0 Å². The standard InChI is InChI=1S/C14H17ClN2O/c1-10-8-17(9-11(2)18-10)14-4-3-12(6-15)5-13(14)7-16/h3-5,10-11H,6,8-9H2,1-2H3/t10-,11+. The molecular formula is C14H17ClN2O. The van der Waals surface area contributed by atoms with Crippen LogP contribution in [0.1, 0.15) is 25.0 Å². The maximum atomic E-state index is 9.25. The van der Waals surface area contributed by atoms with Gasteiger partial charge in [0.2, 0.25) is 0 Å². The first-order valence-electron chi connectivity index (χ1n) is 6.13. The minimum atomic E-state index is 0.188. The lowest BCUT2D eigenvalue weighted by Gasteiger charge is -2.37. The summed E-state index contributed by atoms with van der Waals surface area (Å²) in [4.78, 5) is 2.22. The number of rotatable bonds is 2. The molecule has 0 amide bonds. The van der Waals surface area contributed by atoms with E-state index in [1.54, 1.807) is 0 Å². The molecule has 96 valence electrons. The lowest BCUT2D eigenvalue weighted by Crippen LogP contribution is -2.45. The zero-order valence-electron chi connectivity index (χ0n) is 10.7. The first-order chi connectivity index (χ1) is 8.63. The number of hydrogen-bond donors (Lipinski definition) is 0. The van der Waals surface area contributed by atoms with Crippen LogP contribution in [0.2, 0.25) is 0 Å². The van der Waals surface area contributed by atoms with Crippen molar-refractivity contribution < 1.29 is 4.74 Å². The van der Waals surface area contributed by atoms with Crippen LogP contribution in [0.3, 0.4) is 0 Å². The number of hydrogen-bond acceptors (Lipinski definition) is 3. The predicted octanol–water partition coefficient (Wildman–Crippen LogP) is 2.91. The molecule has 1 aliphatic rings. The summed E-state index contributed by atoms with van der Waals surface area (Å²) in [7, 11) is 0. The van der Waals surface area contributed by atoms with Gasteiger partial charge in [-0.25, -0.2) is 0 Å². The molecule has 18 heavy (non-hydrogen) atoms. The van der Waals surface area contributed by atoms with Crippen molar-refractivity contribution in [2.45, 2.75) is 31.9 Å². The van der Waals surface area contributed by atoms with Gasteiger partial charge >= 0.3 is 0 Å². The number of halogens is 1. The van der Waals surface area contributed by atoms with Gasteiger partial charge in [0.25, 0.3) is 0 Å². The van der Waals surface area contributed by atoms with Gasteiger partial charge in [-0.1, -0.05) is 6.07 Å². The predicted molar refractivity (Wildman–Crippen MR) is 72.9 cm³/mol. The molecule has 2 rings (SSSR count). The summed E-state index contributed by atoms with van der Waals surface area (Å²) in [5.41, 5.74) is 2.65. The van der Waals surface area contributed by atoms with Crippen molar-refractivity contribution in [3.8, 4) is 6.07 Å². The summed E-state index contributed by atoms with van der Waals surface area (Å²) in [5, 5.41) is 9.25. The van der Waals surface area contributed by atoms with Crippen molar-refractivity contribution in [2.24, 2.45) is 0 Å². The Bertz CT molecular complexity index is 459. The van der Waals surface area contributed by atoms with E-state index >= 15 is 0 Å². The van der Waals surface area contributed by atoms with Crippen molar-refractivity contribution in [3.05, 3.63) is 29.3 Å². The number of anilines is 1. The number of nitrogens with zero attached hydrogens (tertiary/aromatic N) is 2. The second kappa shape index (κ2) is 5.60. The van der Waals surface area contributed by atoms with Crippen LogP contribution >= 0.6 is 11.6 Å². The SMILES string of the molecule is C[C@@H]1CN(c2ccc(CCl)cc2C#N)C[C@H](C)O1. The third-order valence-corrected chi connectivity index (χ3v) is 3.40. The highest BCUT2D eigenvalue weighted by atomic mass is 35.5. The molecule has 1 aromatic carbocycles. The lowest BCUT2D eigenvalue weighted by atomic mass is 10.1. The molecule has 0 aliphatic carbocycles. The molecule has 0 aromatic heterocycles. The molecule has 4 heteroatoms. The van der Waals surface area contributed by atoms with E-state index < -0.39 is 0 Å². The van der Waals surface area contributed by atoms with Crippen LogP contribution in [-0.2, 0) is 10.6 Å². The highest BCUT2D eigenvalue weighted by Gasteiger charge is 2.23. The molecule has 0 radical (unpaired) electrons. The van der Waals surface area contributed by atoms with Crippen molar-refractivity contribution >= 4 is 17.3 Å². The Morgan fingerprint density at radius 3 is 2.61 bits per heavy atom. The molecule has 0 saturated carbocycles. The lowest BCUT2D eigenvalue weighted by molar-refractivity contribution is -0.00522. The maximum Gasteiger partial charge on any atom is 0.101 e. The van der Waals surface area contributed by atoms with Crippen molar-refractivity contribution in [1.82, 2.24) is 0 Å². The first kappa shape index (κ1) is 13.2. The fourth-order valence-corrected chi connectivity index (χ4v) is 2.57. The molecular weight excluding hydrogens is 248 g/mol. The molecule has 1 saturated heterocycles. The van der Waals surface area contributed by atoms with Gasteiger partial charge in [-0.3, -0.25) is 0 Å². The zero-order valence-corrected chi connectivity index (χ0v) is 11.4. The van der Waals surface area contributed by atoms with Gasteiger partial charge in [0, 0.05) is 19.0 Å². The zero-order chi connectivity index (χ0) is 13.1. The molecule has 0 bridgehead atoms. The van der Waals surface area contributed by atoms with Gasteiger partial charge in [-0.15, -0.1) is 11.6 Å². The van der Waals surface area contributed by atoms with Crippen LogP contribution in [-0.4, -0.2) is 25.3 Å². The minimum absolute atomic E-state index is 0.188. The highest BCUT2D eigenvalue weighted by Crippen LogP contribution is 2.25. The van der Waals surface area contributed by atoms with Crippen molar-refractivity contribution in [2.75, 3.05) is 18.0 Å². The van der Waals surface area contributed by atoms with Crippen LogP contribution < -0.4 is 4.90 Å². The van der Waals surface area contributed by atoms with Gasteiger partial charge in [-0.2, -0.15) is 5.26 Å². The van der Waals surface area contributed by atoms with E-state index in [0.717, 1.165) is 24.3 Å². The van der Waals surface area contributed by atoms with Gasteiger partial charge < -0.3 is 9.64 Å². The quantitative estimate of drug-likeness (QED) is 0.771.